The van der Waals surface area contributed by atoms with Crippen LogP contribution in [0.5, 0.6) is 0 Å². The van der Waals surface area contributed by atoms with Gasteiger partial charge in [0, 0.05) is 43.3 Å². The maximum atomic E-state index is 12.5. The van der Waals surface area contributed by atoms with E-state index in [4.69, 9.17) is 17.3 Å². The van der Waals surface area contributed by atoms with Gasteiger partial charge in [-0.1, -0.05) is 11.6 Å². The average molecular weight is 323 g/mol. The molecule has 2 heterocycles. The highest BCUT2D eigenvalue weighted by Gasteiger charge is 2.23. The normalized spacial score (nSPS) is 15.3. The van der Waals surface area contributed by atoms with E-state index < -0.39 is 0 Å². The Morgan fingerprint density at radius 1 is 1.29 bits per heavy atom. The maximum absolute atomic E-state index is 12.5. The van der Waals surface area contributed by atoms with E-state index in [2.05, 4.69) is 9.88 Å². The molecular formula is C14H15ClN4OS. The topological polar surface area (TPSA) is 62.5 Å². The molecule has 0 aliphatic carbocycles. The van der Waals surface area contributed by atoms with Crippen LogP contribution in [0.25, 0.3) is 0 Å². The summed E-state index contributed by atoms with van der Waals surface area (Å²) in [4.78, 5) is 20.8. The van der Waals surface area contributed by atoms with Crippen molar-refractivity contribution in [2.45, 2.75) is 0 Å². The molecule has 1 aliphatic rings. The second kappa shape index (κ2) is 5.91. The van der Waals surface area contributed by atoms with E-state index in [1.807, 2.05) is 10.3 Å². The molecule has 0 atom stereocenters. The molecule has 0 unspecified atom stereocenters. The van der Waals surface area contributed by atoms with Crippen LogP contribution in [0, 0.1) is 0 Å². The van der Waals surface area contributed by atoms with Gasteiger partial charge in [-0.15, -0.1) is 11.3 Å². The van der Waals surface area contributed by atoms with Gasteiger partial charge in [0.25, 0.3) is 5.91 Å². The summed E-state index contributed by atoms with van der Waals surface area (Å²) >= 11 is 7.60. The van der Waals surface area contributed by atoms with Crippen LogP contribution in [0.4, 0.5) is 10.8 Å². The van der Waals surface area contributed by atoms with E-state index in [-0.39, 0.29) is 5.91 Å². The number of amides is 1. The first kappa shape index (κ1) is 14.2. The van der Waals surface area contributed by atoms with Gasteiger partial charge in [0.05, 0.1) is 10.7 Å². The Labute approximate surface area is 131 Å². The number of nitrogens with two attached hydrogens (primary N) is 1. The van der Waals surface area contributed by atoms with Crippen LogP contribution in [0.3, 0.4) is 0 Å². The lowest BCUT2D eigenvalue weighted by Gasteiger charge is -2.34. The predicted octanol–water partition coefficient (Wildman–Crippen LogP) is 2.34. The van der Waals surface area contributed by atoms with Crippen LogP contribution >= 0.6 is 22.9 Å². The smallest absolute Gasteiger partial charge is 0.254 e. The molecule has 0 bridgehead atoms. The molecule has 0 spiro atoms. The Balaban J connectivity index is 1.66. The minimum Gasteiger partial charge on any atom is -0.398 e. The second-order valence-electron chi connectivity index (χ2n) is 4.83. The van der Waals surface area contributed by atoms with Gasteiger partial charge in [-0.05, 0) is 18.2 Å². The number of carbonyl (C=O) groups excluding carboxylic acids is 1. The number of benzene rings is 1. The fourth-order valence-electron chi connectivity index (χ4n) is 2.32. The molecule has 1 aromatic carbocycles. The van der Waals surface area contributed by atoms with Gasteiger partial charge in [0.2, 0.25) is 0 Å². The molecule has 2 N–H and O–H groups in total. The molecular weight excluding hydrogens is 308 g/mol. The van der Waals surface area contributed by atoms with E-state index in [1.165, 1.54) is 0 Å². The van der Waals surface area contributed by atoms with Crippen molar-refractivity contribution >= 4 is 39.7 Å². The number of halogens is 1. The van der Waals surface area contributed by atoms with Crippen molar-refractivity contribution in [3.63, 3.8) is 0 Å². The van der Waals surface area contributed by atoms with Crippen LogP contribution in [-0.4, -0.2) is 42.0 Å². The monoisotopic (exact) mass is 322 g/mol. The summed E-state index contributed by atoms with van der Waals surface area (Å²) in [5.74, 6) is -0.00399. The van der Waals surface area contributed by atoms with Gasteiger partial charge in [0.1, 0.15) is 0 Å². The number of nitrogens with zero attached hydrogens (tertiary/aromatic N) is 3. The Morgan fingerprint density at radius 3 is 2.67 bits per heavy atom. The third-order valence-corrected chi connectivity index (χ3v) is 4.66. The van der Waals surface area contributed by atoms with Crippen molar-refractivity contribution in [2.24, 2.45) is 0 Å². The Morgan fingerprint density at radius 2 is 2.05 bits per heavy atom. The minimum absolute atomic E-state index is 0.00399. The number of nitrogen functional groups attached to an aromatic ring is 1. The summed E-state index contributed by atoms with van der Waals surface area (Å²) in [5.41, 5.74) is 6.74. The van der Waals surface area contributed by atoms with E-state index >= 15 is 0 Å². The lowest BCUT2D eigenvalue weighted by atomic mass is 10.1. The summed E-state index contributed by atoms with van der Waals surface area (Å²) in [6.07, 6.45) is 1.80. The lowest BCUT2D eigenvalue weighted by molar-refractivity contribution is 0.0747. The molecule has 110 valence electrons. The molecule has 0 radical (unpaired) electrons. The highest BCUT2D eigenvalue weighted by molar-refractivity contribution is 7.13. The highest BCUT2D eigenvalue weighted by Crippen LogP contribution is 2.22. The van der Waals surface area contributed by atoms with E-state index in [1.54, 1.807) is 35.7 Å². The summed E-state index contributed by atoms with van der Waals surface area (Å²) in [7, 11) is 0. The molecule has 7 heteroatoms. The third kappa shape index (κ3) is 2.96. The zero-order valence-corrected chi connectivity index (χ0v) is 12.9. The summed E-state index contributed by atoms with van der Waals surface area (Å²) in [6, 6.07) is 5.02. The van der Waals surface area contributed by atoms with Gasteiger partial charge < -0.3 is 15.5 Å². The summed E-state index contributed by atoms with van der Waals surface area (Å²) in [5, 5.41) is 3.39. The number of carbonyl (C=O) groups is 1. The number of thiazole rings is 1. The molecule has 1 aliphatic heterocycles. The largest absolute Gasteiger partial charge is 0.398 e. The number of aromatic nitrogens is 1. The number of anilines is 2. The Kier molecular flexibility index (Phi) is 3.98. The molecule has 1 saturated heterocycles. The van der Waals surface area contributed by atoms with Crippen LogP contribution in [0.15, 0.2) is 29.8 Å². The molecule has 1 aromatic heterocycles. The van der Waals surface area contributed by atoms with Crippen molar-refractivity contribution in [2.75, 3.05) is 36.8 Å². The zero-order chi connectivity index (χ0) is 14.8. The van der Waals surface area contributed by atoms with Gasteiger partial charge in [-0.3, -0.25) is 4.79 Å². The standard InChI is InChI=1S/C14H15ClN4OS/c15-11-9-10(1-2-12(11)16)13(20)18-4-6-19(7-5-18)14-17-3-8-21-14/h1-3,8-9H,4-7,16H2. The molecule has 5 nitrogen and oxygen atoms in total. The van der Waals surface area contributed by atoms with Crippen molar-refractivity contribution in [3.8, 4) is 0 Å². The Hall–Kier alpha value is -1.79. The molecule has 3 rings (SSSR count). The van der Waals surface area contributed by atoms with E-state index in [0.29, 0.717) is 29.4 Å². The fourth-order valence-corrected chi connectivity index (χ4v) is 3.19. The van der Waals surface area contributed by atoms with Crippen LogP contribution in [0.2, 0.25) is 5.02 Å². The number of hydrogen-bond donors (Lipinski definition) is 1. The third-order valence-electron chi connectivity index (χ3n) is 3.50. The lowest BCUT2D eigenvalue weighted by Crippen LogP contribution is -2.48. The number of piperazine rings is 1. The quantitative estimate of drug-likeness (QED) is 0.862. The van der Waals surface area contributed by atoms with Crippen LogP contribution in [0.1, 0.15) is 10.4 Å². The molecule has 2 aromatic rings. The number of rotatable bonds is 2. The van der Waals surface area contributed by atoms with Gasteiger partial charge in [-0.2, -0.15) is 0 Å². The Bertz CT molecular complexity index is 638. The van der Waals surface area contributed by atoms with Crippen LogP contribution < -0.4 is 10.6 Å². The predicted molar refractivity (Wildman–Crippen MR) is 86.1 cm³/mol. The first-order valence-corrected chi connectivity index (χ1v) is 7.89. The highest BCUT2D eigenvalue weighted by atomic mass is 35.5. The van der Waals surface area contributed by atoms with Crippen molar-refractivity contribution in [1.82, 2.24) is 9.88 Å². The van der Waals surface area contributed by atoms with Crippen molar-refractivity contribution in [1.29, 1.82) is 0 Å². The summed E-state index contributed by atoms with van der Waals surface area (Å²) < 4.78 is 0. The fraction of sp³-hybridized carbons (Fsp3) is 0.286. The molecule has 1 fully saturated rings. The van der Waals surface area contributed by atoms with Gasteiger partial charge in [-0.25, -0.2) is 4.98 Å². The summed E-state index contributed by atoms with van der Waals surface area (Å²) in [6.45, 7) is 2.95. The van der Waals surface area contributed by atoms with E-state index in [0.717, 1.165) is 18.2 Å². The van der Waals surface area contributed by atoms with Crippen LogP contribution in [-0.2, 0) is 0 Å². The van der Waals surface area contributed by atoms with Crippen molar-refractivity contribution in [3.05, 3.63) is 40.4 Å². The first-order valence-electron chi connectivity index (χ1n) is 6.64. The average Bonchev–Trinajstić information content (AvgIpc) is 3.04. The van der Waals surface area contributed by atoms with Gasteiger partial charge in [0.15, 0.2) is 5.13 Å². The molecule has 0 saturated carbocycles. The molecule has 21 heavy (non-hydrogen) atoms. The first-order chi connectivity index (χ1) is 10.1. The number of hydrogen-bond acceptors (Lipinski definition) is 5. The second-order valence-corrected chi connectivity index (χ2v) is 6.11. The zero-order valence-electron chi connectivity index (χ0n) is 11.3. The van der Waals surface area contributed by atoms with E-state index in [9.17, 15) is 4.79 Å². The maximum Gasteiger partial charge on any atom is 0.254 e. The van der Waals surface area contributed by atoms with Crippen molar-refractivity contribution < 1.29 is 4.79 Å². The molecule has 1 amide bonds. The minimum atomic E-state index is -0.00399. The van der Waals surface area contributed by atoms with Gasteiger partial charge >= 0.3 is 0 Å². The SMILES string of the molecule is Nc1ccc(C(=O)N2CCN(c3nccs3)CC2)cc1Cl.